The quantitative estimate of drug-likeness (QED) is 0.425. The van der Waals surface area contributed by atoms with Crippen LogP contribution in [-0.2, 0) is 4.74 Å². The van der Waals surface area contributed by atoms with Crippen molar-refractivity contribution in [1.29, 1.82) is 0 Å². The summed E-state index contributed by atoms with van der Waals surface area (Å²) < 4.78 is 11.2. The Morgan fingerprint density at radius 3 is 2.77 bits per heavy atom. The highest BCUT2D eigenvalue weighted by atomic mass is 16.6. The molecule has 0 radical (unpaired) electrons. The lowest BCUT2D eigenvalue weighted by atomic mass is 9.98. The summed E-state index contributed by atoms with van der Waals surface area (Å²) in [6.45, 7) is 4.96. The summed E-state index contributed by atoms with van der Waals surface area (Å²) in [5.74, 6) is 0.311. The first-order valence-electron chi connectivity index (χ1n) is 9.44. The van der Waals surface area contributed by atoms with Gasteiger partial charge in [0.1, 0.15) is 12.4 Å². The van der Waals surface area contributed by atoms with Crippen molar-refractivity contribution in [2.45, 2.75) is 44.6 Å². The number of ether oxygens (including phenoxy) is 2. The van der Waals surface area contributed by atoms with E-state index in [0.29, 0.717) is 6.54 Å². The molecular formula is C17H27N5O4. The first-order valence-corrected chi connectivity index (χ1v) is 9.44. The van der Waals surface area contributed by atoms with E-state index in [-0.39, 0.29) is 23.5 Å². The number of hydrogen-bond donors (Lipinski definition) is 1. The normalized spacial score (nSPS) is 19.2. The van der Waals surface area contributed by atoms with Crippen LogP contribution in [-0.4, -0.2) is 65.3 Å². The van der Waals surface area contributed by atoms with Crippen molar-refractivity contribution in [2.24, 2.45) is 0 Å². The smallest absolute Gasteiger partial charge is 0.372 e. The fourth-order valence-electron chi connectivity index (χ4n) is 3.42. The molecule has 9 nitrogen and oxygen atoms in total. The average Bonchev–Trinajstić information content (AvgIpc) is 2.67. The van der Waals surface area contributed by atoms with E-state index in [9.17, 15) is 10.1 Å². The van der Waals surface area contributed by atoms with Crippen LogP contribution in [0.3, 0.4) is 0 Å². The molecule has 0 atom stereocenters. The van der Waals surface area contributed by atoms with Crippen LogP contribution in [0.15, 0.2) is 6.33 Å². The first-order chi connectivity index (χ1) is 12.7. The highest BCUT2D eigenvalue weighted by Gasteiger charge is 2.27. The number of rotatable bonds is 8. The van der Waals surface area contributed by atoms with Crippen molar-refractivity contribution in [2.75, 3.05) is 44.7 Å². The van der Waals surface area contributed by atoms with Gasteiger partial charge in [-0.2, -0.15) is 4.98 Å². The zero-order valence-corrected chi connectivity index (χ0v) is 15.1. The van der Waals surface area contributed by atoms with Crippen LogP contribution in [0.25, 0.3) is 0 Å². The van der Waals surface area contributed by atoms with Gasteiger partial charge in [0.05, 0.1) is 18.1 Å². The Bertz CT molecular complexity index is 589. The fourth-order valence-corrected chi connectivity index (χ4v) is 3.42. The Morgan fingerprint density at radius 1 is 1.27 bits per heavy atom. The van der Waals surface area contributed by atoms with Crippen LogP contribution < -0.4 is 10.1 Å². The minimum atomic E-state index is -0.456. The molecule has 1 aliphatic heterocycles. The molecule has 0 bridgehead atoms. The van der Waals surface area contributed by atoms with Gasteiger partial charge < -0.3 is 14.8 Å². The average molecular weight is 365 g/mol. The molecule has 0 unspecified atom stereocenters. The standard InChI is InChI=1S/C17H27N5O4/c23-22(24)15-16(18-7-4-8-21-9-11-25-12-10-21)19-13-20-17(15)26-14-5-2-1-3-6-14/h13-14H,1-12H2,(H,18,19,20). The van der Waals surface area contributed by atoms with Crippen LogP contribution >= 0.6 is 0 Å². The van der Waals surface area contributed by atoms with Crippen molar-refractivity contribution in [3.05, 3.63) is 16.4 Å². The molecule has 2 aliphatic rings. The first kappa shape index (κ1) is 18.8. The van der Waals surface area contributed by atoms with Crippen LogP contribution in [0.4, 0.5) is 11.5 Å². The van der Waals surface area contributed by atoms with E-state index in [1.165, 1.54) is 12.7 Å². The van der Waals surface area contributed by atoms with Crippen molar-refractivity contribution in [3.8, 4) is 5.88 Å². The van der Waals surface area contributed by atoms with Crippen LogP contribution in [0.5, 0.6) is 5.88 Å². The third-order valence-electron chi connectivity index (χ3n) is 4.85. The third-order valence-corrected chi connectivity index (χ3v) is 4.85. The number of anilines is 1. The van der Waals surface area contributed by atoms with Gasteiger partial charge in [0, 0.05) is 19.6 Å². The van der Waals surface area contributed by atoms with Crippen LogP contribution in [0, 0.1) is 10.1 Å². The molecule has 9 heteroatoms. The molecule has 3 rings (SSSR count). The Balaban J connectivity index is 1.57. The van der Waals surface area contributed by atoms with Gasteiger partial charge in [-0.15, -0.1) is 0 Å². The summed E-state index contributed by atoms with van der Waals surface area (Å²) >= 11 is 0. The van der Waals surface area contributed by atoms with Gasteiger partial charge in [-0.05, 0) is 38.6 Å². The molecule has 1 aromatic heterocycles. The molecule has 1 aromatic rings. The molecule has 1 saturated carbocycles. The van der Waals surface area contributed by atoms with Gasteiger partial charge in [-0.1, -0.05) is 6.42 Å². The lowest BCUT2D eigenvalue weighted by Crippen LogP contribution is -2.37. The zero-order valence-electron chi connectivity index (χ0n) is 15.1. The van der Waals surface area contributed by atoms with Crippen molar-refractivity contribution < 1.29 is 14.4 Å². The summed E-state index contributed by atoms with van der Waals surface area (Å²) in [7, 11) is 0. The third kappa shape index (κ3) is 5.25. The second kappa shape index (κ2) is 9.63. The highest BCUT2D eigenvalue weighted by molar-refractivity contribution is 5.61. The minimum Gasteiger partial charge on any atom is -0.469 e. The van der Waals surface area contributed by atoms with Gasteiger partial charge in [0.2, 0.25) is 5.82 Å². The molecule has 1 N–H and O–H groups in total. The predicted molar refractivity (Wildman–Crippen MR) is 96.6 cm³/mol. The molecule has 1 aliphatic carbocycles. The molecule has 0 spiro atoms. The molecule has 2 fully saturated rings. The molecular weight excluding hydrogens is 338 g/mol. The van der Waals surface area contributed by atoms with E-state index in [2.05, 4.69) is 20.2 Å². The van der Waals surface area contributed by atoms with Gasteiger partial charge in [-0.25, -0.2) is 4.98 Å². The number of hydrogen-bond acceptors (Lipinski definition) is 8. The maximum absolute atomic E-state index is 11.5. The molecule has 0 amide bonds. The Kier molecular flexibility index (Phi) is 6.96. The molecule has 0 aromatic carbocycles. The van der Waals surface area contributed by atoms with Crippen LogP contribution in [0.1, 0.15) is 38.5 Å². The number of nitrogens with zero attached hydrogens (tertiary/aromatic N) is 4. The van der Waals surface area contributed by atoms with Crippen molar-refractivity contribution in [1.82, 2.24) is 14.9 Å². The molecule has 26 heavy (non-hydrogen) atoms. The van der Waals surface area contributed by atoms with Gasteiger partial charge >= 0.3 is 5.69 Å². The summed E-state index contributed by atoms with van der Waals surface area (Å²) in [6.07, 6.45) is 7.43. The molecule has 144 valence electrons. The van der Waals surface area contributed by atoms with E-state index in [1.807, 2.05) is 0 Å². The predicted octanol–water partition coefficient (Wildman–Crippen LogP) is 2.23. The fraction of sp³-hybridized carbons (Fsp3) is 0.765. The second-order valence-corrected chi connectivity index (χ2v) is 6.75. The summed E-state index contributed by atoms with van der Waals surface area (Å²) in [5.41, 5.74) is -0.163. The van der Waals surface area contributed by atoms with Gasteiger partial charge in [0.25, 0.3) is 5.88 Å². The number of aromatic nitrogens is 2. The molecule has 2 heterocycles. The summed E-state index contributed by atoms with van der Waals surface area (Å²) in [4.78, 5) is 21.5. The Hall–Kier alpha value is -2.00. The number of nitro groups is 1. The van der Waals surface area contributed by atoms with E-state index < -0.39 is 4.92 Å². The highest BCUT2D eigenvalue weighted by Crippen LogP contribution is 2.33. The van der Waals surface area contributed by atoms with E-state index >= 15 is 0 Å². The van der Waals surface area contributed by atoms with E-state index in [1.54, 1.807) is 0 Å². The largest absolute Gasteiger partial charge is 0.469 e. The van der Waals surface area contributed by atoms with Crippen molar-refractivity contribution in [3.63, 3.8) is 0 Å². The second-order valence-electron chi connectivity index (χ2n) is 6.75. The van der Waals surface area contributed by atoms with E-state index in [0.717, 1.165) is 65.0 Å². The SMILES string of the molecule is O=[N+]([O-])c1c(NCCCN2CCOCC2)ncnc1OC1CCCCC1. The van der Waals surface area contributed by atoms with Crippen LogP contribution in [0.2, 0.25) is 0 Å². The van der Waals surface area contributed by atoms with Gasteiger partial charge in [0.15, 0.2) is 0 Å². The summed E-state index contributed by atoms with van der Waals surface area (Å²) in [5, 5.41) is 14.6. The monoisotopic (exact) mass is 365 g/mol. The Morgan fingerprint density at radius 2 is 2.04 bits per heavy atom. The van der Waals surface area contributed by atoms with E-state index in [4.69, 9.17) is 9.47 Å². The lowest BCUT2D eigenvalue weighted by Gasteiger charge is -2.26. The molecule has 1 saturated heterocycles. The maximum Gasteiger partial charge on any atom is 0.372 e. The number of nitrogens with one attached hydrogen (secondary N) is 1. The maximum atomic E-state index is 11.5. The lowest BCUT2D eigenvalue weighted by molar-refractivity contribution is -0.385. The van der Waals surface area contributed by atoms with Gasteiger partial charge in [-0.3, -0.25) is 15.0 Å². The zero-order chi connectivity index (χ0) is 18.2. The minimum absolute atomic E-state index is 0.00604. The number of morpholine rings is 1. The Labute approximate surface area is 153 Å². The summed E-state index contributed by atoms with van der Waals surface area (Å²) in [6, 6.07) is 0. The van der Waals surface area contributed by atoms with Crippen molar-refractivity contribution >= 4 is 11.5 Å². The topological polar surface area (TPSA) is 103 Å².